The maximum Gasteiger partial charge on any atom is 0.418 e. The molecule has 0 aliphatic carbocycles. The van der Waals surface area contributed by atoms with Crippen LogP contribution in [0, 0.1) is 0 Å². The first-order valence-corrected chi connectivity index (χ1v) is 12.1. The van der Waals surface area contributed by atoms with E-state index in [0.717, 1.165) is 25.3 Å². The molecule has 0 spiro atoms. The lowest BCUT2D eigenvalue weighted by Gasteiger charge is -2.25. The van der Waals surface area contributed by atoms with E-state index in [4.69, 9.17) is 0 Å². The van der Waals surface area contributed by atoms with Crippen molar-refractivity contribution in [2.45, 2.75) is 30.3 Å². The molecule has 1 N–H and O–H groups in total. The number of amides is 1. The normalized spacial score (nSPS) is 15.1. The van der Waals surface area contributed by atoms with Gasteiger partial charge in [0.05, 0.1) is 16.2 Å². The molecule has 3 aromatic rings. The number of hydrogen-bond acceptors (Lipinski definition) is 4. The molecular weight excluding hydrogens is 467 g/mol. The van der Waals surface area contributed by atoms with Gasteiger partial charge in [-0.05, 0) is 61.4 Å². The number of nitrogens with zero attached hydrogens (tertiary/aromatic N) is 2. The molecule has 0 saturated carbocycles. The first kappa shape index (κ1) is 23.9. The molecular formula is C24H22F3N3O3S. The molecule has 1 aromatic heterocycles. The minimum atomic E-state index is -4.55. The number of alkyl halides is 3. The number of aromatic nitrogens is 1. The van der Waals surface area contributed by atoms with Gasteiger partial charge < -0.3 is 5.32 Å². The smallest absolute Gasteiger partial charge is 0.322 e. The standard InChI is InChI=1S/C24H22F3N3O3S/c25-24(26,27)21-5-4-14-28-22(21)17-6-8-18(9-7-17)23(31)29-19-10-12-20(13-11-19)34(32,33)30-15-2-1-3-16-30/h4-14H,1-3,15-16H2,(H,29,31). The van der Waals surface area contributed by atoms with Crippen LogP contribution in [0.3, 0.4) is 0 Å². The van der Waals surface area contributed by atoms with Crippen molar-refractivity contribution >= 4 is 21.6 Å². The summed E-state index contributed by atoms with van der Waals surface area (Å²) in [6, 6.07) is 13.7. The highest BCUT2D eigenvalue weighted by Crippen LogP contribution is 2.35. The monoisotopic (exact) mass is 489 g/mol. The molecule has 34 heavy (non-hydrogen) atoms. The van der Waals surface area contributed by atoms with Gasteiger partial charge in [0.15, 0.2) is 0 Å². The van der Waals surface area contributed by atoms with Crippen LogP contribution in [0.15, 0.2) is 71.8 Å². The van der Waals surface area contributed by atoms with Crippen LogP contribution in [0.4, 0.5) is 18.9 Å². The summed E-state index contributed by atoms with van der Waals surface area (Å²) in [6.45, 7) is 1.000. The quantitative estimate of drug-likeness (QED) is 0.535. The van der Waals surface area contributed by atoms with E-state index >= 15 is 0 Å². The predicted molar refractivity (Wildman–Crippen MR) is 122 cm³/mol. The van der Waals surface area contributed by atoms with Crippen molar-refractivity contribution in [2.24, 2.45) is 0 Å². The minimum Gasteiger partial charge on any atom is -0.322 e. The Bertz CT molecular complexity index is 1270. The van der Waals surface area contributed by atoms with E-state index in [0.29, 0.717) is 18.8 Å². The fourth-order valence-corrected chi connectivity index (χ4v) is 5.33. The summed E-state index contributed by atoms with van der Waals surface area (Å²) in [4.78, 5) is 16.6. The van der Waals surface area contributed by atoms with Gasteiger partial charge >= 0.3 is 6.18 Å². The van der Waals surface area contributed by atoms with Crippen LogP contribution in [0.2, 0.25) is 0 Å². The zero-order chi connectivity index (χ0) is 24.3. The third kappa shape index (κ3) is 5.13. The van der Waals surface area contributed by atoms with Gasteiger partial charge in [-0.1, -0.05) is 18.6 Å². The number of hydrogen-bond donors (Lipinski definition) is 1. The number of halogens is 3. The van der Waals surface area contributed by atoms with Gasteiger partial charge in [0.1, 0.15) is 0 Å². The molecule has 1 amide bonds. The minimum absolute atomic E-state index is 0.160. The third-order valence-corrected chi connectivity index (χ3v) is 7.51. The van der Waals surface area contributed by atoms with Crippen LogP contribution in [0.25, 0.3) is 11.3 Å². The highest BCUT2D eigenvalue weighted by molar-refractivity contribution is 7.89. The number of pyridine rings is 1. The summed E-state index contributed by atoms with van der Waals surface area (Å²) in [6.07, 6.45) is -0.578. The van der Waals surface area contributed by atoms with Crippen LogP contribution in [0.5, 0.6) is 0 Å². The topological polar surface area (TPSA) is 79.4 Å². The summed E-state index contributed by atoms with van der Waals surface area (Å²) in [5.41, 5.74) is -0.204. The van der Waals surface area contributed by atoms with E-state index in [2.05, 4.69) is 10.3 Å². The molecule has 4 rings (SSSR count). The molecule has 10 heteroatoms. The van der Waals surface area contributed by atoms with E-state index in [1.807, 2.05) is 0 Å². The van der Waals surface area contributed by atoms with E-state index < -0.39 is 27.7 Å². The maximum atomic E-state index is 13.2. The number of piperidine rings is 1. The van der Waals surface area contributed by atoms with Crippen LogP contribution in [-0.2, 0) is 16.2 Å². The van der Waals surface area contributed by atoms with Crippen molar-refractivity contribution in [3.63, 3.8) is 0 Å². The Morgan fingerprint density at radius 2 is 1.56 bits per heavy atom. The average Bonchev–Trinajstić information content (AvgIpc) is 2.84. The molecule has 2 aromatic carbocycles. The van der Waals surface area contributed by atoms with Crippen LogP contribution < -0.4 is 5.32 Å². The summed E-state index contributed by atoms with van der Waals surface area (Å²) in [5, 5.41) is 2.67. The zero-order valence-electron chi connectivity index (χ0n) is 18.0. The summed E-state index contributed by atoms with van der Waals surface area (Å²) < 4.78 is 66.7. The van der Waals surface area contributed by atoms with Crippen molar-refractivity contribution in [1.29, 1.82) is 0 Å². The van der Waals surface area contributed by atoms with Crippen molar-refractivity contribution in [3.8, 4) is 11.3 Å². The molecule has 0 bridgehead atoms. The van der Waals surface area contributed by atoms with Gasteiger partial charge in [0.25, 0.3) is 5.91 Å². The number of sulfonamides is 1. The lowest BCUT2D eigenvalue weighted by Crippen LogP contribution is -2.35. The van der Waals surface area contributed by atoms with Crippen molar-refractivity contribution in [3.05, 3.63) is 78.0 Å². The van der Waals surface area contributed by atoms with Crippen molar-refractivity contribution in [1.82, 2.24) is 9.29 Å². The lowest BCUT2D eigenvalue weighted by atomic mass is 10.0. The molecule has 1 aliphatic rings. The average molecular weight is 490 g/mol. The summed E-state index contributed by atoms with van der Waals surface area (Å²) in [7, 11) is -3.57. The highest BCUT2D eigenvalue weighted by atomic mass is 32.2. The first-order chi connectivity index (χ1) is 16.2. The number of rotatable bonds is 5. The van der Waals surface area contributed by atoms with Gasteiger partial charge in [0.2, 0.25) is 10.0 Å². The Morgan fingerprint density at radius 3 is 2.18 bits per heavy atom. The molecule has 1 fully saturated rings. The lowest BCUT2D eigenvalue weighted by molar-refractivity contribution is -0.137. The number of nitrogens with one attached hydrogen (secondary N) is 1. The van der Waals surface area contributed by atoms with Gasteiger partial charge in [-0.25, -0.2) is 8.42 Å². The predicted octanol–water partition coefficient (Wildman–Crippen LogP) is 5.19. The number of carbonyl (C=O) groups is 1. The molecule has 1 saturated heterocycles. The first-order valence-electron chi connectivity index (χ1n) is 10.7. The van der Waals surface area contributed by atoms with E-state index in [1.165, 1.54) is 65.1 Å². The maximum absolute atomic E-state index is 13.2. The van der Waals surface area contributed by atoms with Gasteiger partial charge in [-0.15, -0.1) is 0 Å². The van der Waals surface area contributed by atoms with Crippen LogP contribution in [0.1, 0.15) is 35.2 Å². The number of benzene rings is 2. The molecule has 178 valence electrons. The second kappa shape index (κ2) is 9.55. The van der Waals surface area contributed by atoms with Crippen LogP contribution >= 0.6 is 0 Å². The largest absolute Gasteiger partial charge is 0.418 e. The Labute approximate surface area is 195 Å². The molecule has 0 unspecified atom stereocenters. The van der Waals surface area contributed by atoms with Crippen molar-refractivity contribution in [2.75, 3.05) is 18.4 Å². The number of carbonyl (C=O) groups excluding carboxylic acids is 1. The molecule has 0 radical (unpaired) electrons. The van der Waals surface area contributed by atoms with E-state index in [9.17, 15) is 26.4 Å². The highest BCUT2D eigenvalue weighted by Gasteiger charge is 2.34. The molecule has 6 nitrogen and oxygen atoms in total. The Hall–Kier alpha value is -3.24. The fraction of sp³-hybridized carbons (Fsp3) is 0.250. The van der Waals surface area contributed by atoms with Gasteiger partial charge in [-0.2, -0.15) is 17.5 Å². The van der Waals surface area contributed by atoms with Gasteiger partial charge in [0, 0.05) is 36.1 Å². The third-order valence-electron chi connectivity index (χ3n) is 5.60. The Morgan fingerprint density at radius 1 is 0.912 bits per heavy atom. The van der Waals surface area contributed by atoms with Crippen LogP contribution in [-0.4, -0.2) is 36.7 Å². The summed E-state index contributed by atoms with van der Waals surface area (Å²) >= 11 is 0. The second-order valence-corrected chi connectivity index (χ2v) is 9.86. The van der Waals surface area contributed by atoms with Gasteiger partial charge in [-0.3, -0.25) is 9.78 Å². The Kier molecular flexibility index (Phi) is 6.72. The molecule has 0 atom stereocenters. The van der Waals surface area contributed by atoms with E-state index in [-0.39, 0.29) is 21.7 Å². The molecule has 2 heterocycles. The summed E-state index contributed by atoms with van der Waals surface area (Å²) in [5.74, 6) is -0.477. The van der Waals surface area contributed by atoms with Crippen molar-refractivity contribution < 1.29 is 26.4 Å². The molecule has 1 aliphatic heterocycles. The number of anilines is 1. The SMILES string of the molecule is O=C(Nc1ccc(S(=O)(=O)N2CCCCC2)cc1)c1ccc(-c2ncccc2C(F)(F)F)cc1. The second-order valence-electron chi connectivity index (χ2n) is 7.92. The van der Waals surface area contributed by atoms with E-state index in [1.54, 1.807) is 0 Å². The fourth-order valence-electron chi connectivity index (χ4n) is 3.81. The Balaban J connectivity index is 1.47. The zero-order valence-corrected chi connectivity index (χ0v) is 18.9.